The first-order valence-corrected chi connectivity index (χ1v) is 7.02. The van der Waals surface area contributed by atoms with E-state index in [1.165, 1.54) is 29.5 Å². The van der Waals surface area contributed by atoms with Gasteiger partial charge in [0.2, 0.25) is 0 Å². The van der Waals surface area contributed by atoms with Gasteiger partial charge in [-0.3, -0.25) is 0 Å². The van der Waals surface area contributed by atoms with E-state index in [4.69, 9.17) is 5.73 Å². The second kappa shape index (κ2) is 5.41. The SMILES string of the molecule is Cc1ccc(C(N)CN(C)C(C)C2CC2)c(C)c1. The average Bonchev–Trinajstić information content (AvgIpc) is 3.11. The molecular formula is C16H26N2. The number of rotatable bonds is 5. The Balaban J connectivity index is 1.99. The molecule has 1 aromatic carbocycles. The summed E-state index contributed by atoms with van der Waals surface area (Å²) >= 11 is 0. The molecule has 2 nitrogen and oxygen atoms in total. The van der Waals surface area contributed by atoms with Crippen molar-refractivity contribution in [2.75, 3.05) is 13.6 Å². The maximum Gasteiger partial charge on any atom is 0.0426 e. The zero-order valence-electron chi connectivity index (χ0n) is 12.1. The summed E-state index contributed by atoms with van der Waals surface area (Å²) in [5.41, 5.74) is 10.3. The lowest BCUT2D eigenvalue weighted by molar-refractivity contribution is 0.221. The zero-order valence-corrected chi connectivity index (χ0v) is 12.1. The molecule has 2 atom stereocenters. The summed E-state index contributed by atoms with van der Waals surface area (Å²) in [4.78, 5) is 2.42. The standard InChI is InChI=1S/C16H26N2/c1-11-5-8-15(12(2)9-11)16(17)10-18(4)13(3)14-6-7-14/h5,8-9,13-14,16H,6-7,10,17H2,1-4H3. The number of benzene rings is 1. The highest BCUT2D eigenvalue weighted by atomic mass is 15.1. The van der Waals surface area contributed by atoms with Crippen molar-refractivity contribution in [3.8, 4) is 0 Å². The van der Waals surface area contributed by atoms with E-state index >= 15 is 0 Å². The number of nitrogens with zero attached hydrogens (tertiary/aromatic N) is 1. The quantitative estimate of drug-likeness (QED) is 0.865. The van der Waals surface area contributed by atoms with Crippen molar-refractivity contribution in [1.82, 2.24) is 4.90 Å². The summed E-state index contributed by atoms with van der Waals surface area (Å²) in [6.07, 6.45) is 2.79. The Kier molecular flexibility index (Phi) is 4.08. The van der Waals surface area contributed by atoms with Crippen molar-refractivity contribution >= 4 is 0 Å². The molecule has 1 aromatic rings. The van der Waals surface area contributed by atoms with Gasteiger partial charge in [-0.05, 0) is 57.7 Å². The van der Waals surface area contributed by atoms with Crippen molar-refractivity contribution in [2.24, 2.45) is 11.7 Å². The van der Waals surface area contributed by atoms with Crippen LogP contribution in [0.1, 0.15) is 42.5 Å². The first-order valence-electron chi connectivity index (χ1n) is 7.02. The van der Waals surface area contributed by atoms with Crippen LogP contribution in [0.15, 0.2) is 18.2 Å². The molecular weight excluding hydrogens is 220 g/mol. The molecule has 100 valence electrons. The van der Waals surface area contributed by atoms with Crippen LogP contribution in [0.3, 0.4) is 0 Å². The number of hydrogen-bond acceptors (Lipinski definition) is 2. The fourth-order valence-electron chi connectivity index (χ4n) is 2.76. The Morgan fingerprint density at radius 3 is 2.56 bits per heavy atom. The molecule has 2 N–H and O–H groups in total. The predicted molar refractivity (Wildman–Crippen MR) is 77.7 cm³/mol. The molecule has 2 rings (SSSR count). The summed E-state index contributed by atoms with van der Waals surface area (Å²) in [6.45, 7) is 7.56. The zero-order chi connectivity index (χ0) is 13.3. The van der Waals surface area contributed by atoms with Crippen LogP contribution in [-0.2, 0) is 0 Å². The van der Waals surface area contributed by atoms with E-state index < -0.39 is 0 Å². The third-order valence-electron chi connectivity index (χ3n) is 4.31. The van der Waals surface area contributed by atoms with Gasteiger partial charge in [-0.2, -0.15) is 0 Å². The van der Waals surface area contributed by atoms with E-state index in [9.17, 15) is 0 Å². The monoisotopic (exact) mass is 246 g/mol. The van der Waals surface area contributed by atoms with Crippen molar-refractivity contribution in [3.63, 3.8) is 0 Å². The molecule has 2 unspecified atom stereocenters. The van der Waals surface area contributed by atoms with Crippen LogP contribution in [0.4, 0.5) is 0 Å². The van der Waals surface area contributed by atoms with Crippen molar-refractivity contribution in [2.45, 2.75) is 45.7 Å². The number of likely N-dealkylation sites (N-methyl/N-ethyl adjacent to an activating group) is 1. The van der Waals surface area contributed by atoms with Gasteiger partial charge in [-0.25, -0.2) is 0 Å². The molecule has 0 aromatic heterocycles. The van der Waals surface area contributed by atoms with Crippen LogP contribution in [0.25, 0.3) is 0 Å². The van der Waals surface area contributed by atoms with Gasteiger partial charge in [0.05, 0.1) is 0 Å². The smallest absolute Gasteiger partial charge is 0.0426 e. The van der Waals surface area contributed by atoms with E-state index in [1.807, 2.05) is 0 Å². The van der Waals surface area contributed by atoms with Crippen molar-refractivity contribution in [1.29, 1.82) is 0 Å². The molecule has 0 amide bonds. The first kappa shape index (κ1) is 13.6. The lowest BCUT2D eigenvalue weighted by Gasteiger charge is -2.28. The molecule has 1 aliphatic rings. The minimum atomic E-state index is 0.122. The molecule has 1 aliphatic carbocycles. The number of nitrogens with two attached hydrogens (primary N) is 1. The van der Waals surface area contributed by atoms with Crippen LogP contribution in [0.2, 0.25) is 0 Å². The molecule has 2 heteroatoms. The van der Waals surface area contributed by atoms with Crippen molar-refractivity contribution in [3.05, 3.63) is 34.9 Å². The van der Waals surface area contributed by atoms with E-state index in [2.05, 4.69) is 50.9 Å². The van der Waals surface area contributed by atoms with Gasteiger partial charge in [0.25, 0.3) is 0 Å². The summed E-state index contributed by atoms with van der Waals surface area (Å²) in [5.74, 6) is 0.904. The normalized spacial score (nSPS) is 19.0. The molecule has 18 heavy (non-hydrogen) atoms. The predicted octanol–water partition coefficient (Wildman–Crippen LogP) is 3.03. The molecule has 0 aliphatic heterocycles. The maximum absolute atomic E-state index is 6.36. The molecule has 0 spiro atoms. The summed E-state index contributed by atoms with van der Waals surface area (Å²) in [6, 6.07) is 7.36. The Bertz CT molecular complexity index is 410. The summed E-state index contributed by atoms with van der Waals surface area (Å²) < 4.78 is 0. The second-order valence-corrected chi connectivity index (χ2v) is 5.98. The topological polar surface area (TPSA) is 29.3 Å². The van der Waals surface area contributed by atoms with Crippen molar-refractivity contribution < 1.29 is 0 Å². The molecule has 0 heterocycles. The Labute approximate surface area is 111 Å². The van der Waals surface area contributed by atoms with Gasteiger partial charge in [-0.15, -0.1) is 0 Å². The fraction of sp³-hybridized carbons (Fsp3) is 0.625. The third kappa shape index (κ3) is 3.12. The second-order valence-electron chi connectivity index (χ2n) is 5.98. The number of aryl methyl sites for hydroxylation is 2. The molecule has 1 fully saturated rings. The Morgan fingerprint density at radius 2 is 2.00 bits per heavy atom. The van der Waals surface area contributed by atoms with Crippen LogP contribution in [-0.4, -0.2) is 24.5 Å². The van der Waals surface area contributed by atoms with Gasteiger partial charge in [0.1, 0.15) is 0 Å². The van der Waals surface area contributed by atoms with Crippen LogP contribution >= 0.6 is 0 Å². The number of hydrogen-bond donors (Lipinski definition) is 1. The lowest BCUT2D eigenvalue weighted by atomic mass is 9.99. The molecule has 0 bridgehead atoms. The first-order chi connectivity index (χ1) is 8.49. The van der Waals surface area contributed by atoms with E-state index in [0.29, 0.717) is 6.04 Å². The van der Waals surface area contributed by atoms with Gasteiger partial charge >= 0.3 is 0 Å². The molecule has 1 saturated carbocycles. The Morgan fingerprint density at radius 1 is 1.33 bits per heavy atom. The highest BCUT2D eigenvalue weighted by molar-refractivity contribution is 5.32. The lowest BCUT2D eigenvalue weighted by Crippen LogP contribution is -2.36. The average molecular weight is 246 g/mol. The summed E-state index contributed by atoms with van der Waals surface area (Å²) in [5, 5.41) is 0. The van der Waals surface area contributed by atoms with Crippen LogP contribution in [0.5, 0.6) is 0 Å². The summed E-state index contributed by atoms with van der Waals surface area (Å²) in [7, 11) is 2.20. The highest BCUT2D eigenvalue weighted by Gasteiger charge is 2.31. The fourth-order valence-corrected chi connectivity index (χ4v) is 2.76. The maximum atomic E-state index is 6.36. The van der Waals surface area contributed by atoms with Gasteiger partial charge in [0, 0.05) is 18.6 Å². The molecule has 0 saturated heterocycles. The Hall–Kier alpha value is -0.860. The van der Waals surface area contributed by atoms with E-state index in [-0.39, 0.29) is 6.04 Å². The molecule has 0 radical (unpaired) electrons. The van der Waals surface area contributed by atoms with Crippen LogP contribution in [0, 0.1) is 19.8 Å². The van der Waals surface area contributed by atoms with E-state index in [0.717, 1.165) is 12.5 Å². The highest BCUT2D eigenvalue weighted by Crippen LogP contribution is 2.35. The van der Waals surface area contributed by atoms with Gasteiger partial charge in [-0.1, -0.05) is 23.8 Å². The van der Waals surface area contributed by atoms with E-state index in [1.54, 1.807) is 0 Å². The minimum absolute atomic E-state index is 0.122. The third-order valence-corrected chi connectivity index (χ3v) is 4.31. The van der Waals surface area contributed by atoms with Crippen LogP contribution < -0.4 is 5.73 Å². The van der Waals surface area contributed by atoms with Gasteiger partial charge in [0.15, 0.2) is 0 Å². The minimum Gasteiger partial charge on any atom is -0.323 e. The van der Waals surface area contributed by atoms with Gasteiger partial charge < -0.3 is 10.6 Å². The largest absolute Gasteiger partial charge is 0.323 e.